The Morgan fingerprint density at radius 3 is 0.864 bits per heavy atom. The highest BCUT2D eigenvalue weighted by Gasteiger charge is 2.28. The fourth-order valence-electron chi connectivity index (χ4n) is 0.338. The van der Waals surface area contributed by atoms with Crippen LogP contribution in [0.5, 0.6) is 0 Å². The molecule has 20 heteroatoms. The summed E-state index contributed by atoms with van der Waals surface area (Å²) in [5.74, 6) is 0. The monoisotopic (exact) mass is 606 g/mol. The lowest BCUT2D eigenvalue weighted by molar-refractivity contribution is 0.653. The van der Waals surface area contributed by atoms with Crippen molar-refractivity contribution in [2.24, 2.45) is 0 Å². The van der Waals surface area contributed by atoms with Gasteiger partial charge in [-0.1, -0.05) is 22.8 Å². The standard InChI is InChI=1S/C2H10O4P4S12/c1-15-7(3,11)17-19-9(5,13)21-22-10(6,14)20-18-8(4,12)16-2/h1-2H3,(H,3,11)(H,4,12)(H,5,13)(H,6,14). The van der Waals surface area contributed by atoms with Crippen molar-refractivity contribution >= 4 is 151 Å². The molecule has 4 atom stereocenters. The molecule has 0 aliphatic rings. The lowest BCUT2D eigenvalue weighted by Gasteiger charge is -2.19. The van der Waals surface area contributed by atoms with Crippen LogP contribution in [0.4, 0.5) is 0 Å². The Bertz CT molecular complexity index is 501. The van der Waals surface area contributed by atoms with E-state index in [1.54, 1.807) is 12.5 Å². The molecule has 4 nitrogen and oxygen atoms in total. The first kappa shape index (κ1) is 27.2. The Kier molecular flexibility index (Phi) is 14.9. The highest BCUT2D eigenvalue weighted by molar-refractivity contribution is 9.45. The quantitative estimate of drug-likeness (QED) is 0.148. The van der Waals surface area contributed by atoms with E-state index in [0.717, 1.165) is 85.2 Å². The van der Waals surface area contributed by atoms with Gasteiger partial charge in [0.05, 0.1) is 0 Å². The molecular formula is C2H10O4P4S12. The summed E-state index contributed by atoms with van der Waals surface area (Å²) >= 11 is 22.4. The third kappa shape index (κ3) is 14.3. The molecule has 0 aliphatic carbocycles. The van der Waals surface area contributed by atoms with E-state index in [9.17, 15) is 19.6 Å². The van der Waals surface area contributed by atoms with Crippen molar-refractivity contribution in [3.05, 3.63) is 0 Å². The van der Waals surface area contributed by atoms with Crippen LogP contribution in [0.3, 0.4) is 0 Å². The van der Waals surface area contributed by atoms with Gasteiger partial charge in [-0.3, -0.25) is 0 Å². The second-order valence-corrected chi connectivity index (χ2v) is 48.3. The predicted octanol–water partition coefficient (Wildman–Crippen LogP) is 6.72. The van der Waals surface area contributed by atoms with Gasteiger partial charge in [0.15, 0.2) is 18.7 Å². The summed E-state index contributed by atoms with van der Waals surface area (Å²) in [5.41, 5.74) is 0. The van der Waals surface area contributed by atoms with Crippen LogP contribution in [0.15, 0.2) is 0 Å². The highest BCUT2D eigenvalue weighted by atomic mass is 33.8. The molecule has 134 valence electrons. The number of rotatable bonds is 11. The molecule has 0 spiro atoms. The molecule has 0 aromatic carbocycles. The zero-order chi connectivity index (χ0) is 17.7. The summed E-state index contributed by atoms with van der Waals surface area (Å²) in [7, 11) is 5.84. The second-order valence-electron chi connectivity index (χ2n) is 2.69. The predicted molar refractivity (Wildman–Crippen MR) is 139 cm³/mol. The van der Waals surface area contributed by atoms with Crippen molar-refractivity contribution in [2.75, 3.05) is 12.5 Å². The number of hydrogen-bond acceptors (Lipinski definition) is 12. The molecule has 0 saturated heterocycles. The van der Waals surface area contributed by atoms with E-state index < -0.39 is 18.7 Å². The van der Waals surface area contributed by atoms with Crippen molar-refractivity contribution in [1.82, 2.24) is 0 Å². The minimum absolute atomic E-state index is 0.937. The van der Waals surface area contributed by atoms with Crippen molar-refractivity contribution in [1.29, 1.82) is 0 Å². The Balaban J connectivity index is 4.45. The first-order valence-corrected chi connectivity index (χ1v) is 29.1. The summed E-state index contributed by atoms with van der Waals surface area (Å²) in [6.45, 7) is 0. The highest BCUT2D eigenvalue weighted by Crippen LogP contribution is 2.89. The summed E-state index contributed by atoms with van der Waals surface area (Å²) in [4.78, 5) is 39.9. The molecule has 0 bridgehead atoms. The van der Waals surface area contributed by atoms with Crippen LogP contribution >= 0.6 is 104 Å². The van der Waals surface area contributed by atoms with E-state index >= 15 is 0 Å². The summed E-state index contributed by atoms with van der Waals surface area (Å²) in [6, 6.07) is 0. The van der Waals surface area contributed by atoms with Crippen LogP contribution in [-0.2, 0) is 47.2 Å². The topological polar surface area (TPSA) is 80.9 Å². The lowest BCUT2D eigenvalue weighted by atomic mass is 12.0. The van der Waals surface area contributed by atoms with Crippen LogP contribution in [-0.4, -0.2) is 32.1 Å². The van der Waals surface area contributed by atoms with Gasteiger partial charge in [-0.2, -0.15) is 0 Å². The summed E-state index contributed by atoms with van der Waals surface area (Å²) < 4.78 is -11.0. The maximum absolute atomic E-state index is 10.1. The fourth-order valence-corrected chi connectivity index (χ4v) is 57.9. The van der Waals surface area contributed by atoms with Crippen LogP contribution in [0, 0.1) is 0 Å². The molecule has 0 aromatic rings. The smallest absolute Gasteiger partial charge is 0.193 e. The molecule has 0 heterocycles. The fraction of sp³-hybridized carbons (Fsp3) is 1.00. The van der Waals surface area contributed by atoms with Gasteiger partial charge in [0.1, 0.15) is 0 Å². The van der Waals surface area contributed by atoms with Gasteiger partial charge in [-0.15, -0.1) is 0 Å². The lowest BCUT2D eigenvalue weighted by Crippen LogP contribution is -1.65. The maximum Gasteiger partial charge on any atom is 0.193 e. The van der Waals surface area contributed by atoms with E-state index in [4.69, 9.17) is 47.2 Å². The summed E-state index contributed by atoms with van der Waals surface area (Å²) in [6.07, 6.45) is 3.40. The van der Waals surface area contributed by atoms with Crippen molar-refractivity contribution in [3.63, 3.8) is 0 Å². The normalized spacial score (nSPS) is 23.0. The molecule has 4 unspecified atom stereocenters. The Labute approximate surface area is 180 Å². The van der Waals surface area contributed by atoms with E-state index in [2.05, 4.69) is 0 Å². The zero-order valence-corrected chi connectivity index (χ0v) is 23.9. The molecule has 4 N–H and O–H groups in total. The molecule has 22 heavy (non-hydrogen) atoms. The Morgan fingerprint density at radius 2 is 0.682 bits per heavy atom. The third-order valence-corrected chi connectivity index (χ3v) is 52.6. The van der Waals surface area contributed by atoms with Gasteiger partial charge in [0.25, 0.3) is 0 Å². The Hall–Kier alpha value is 5.24. The van der Waals surface area contributed by atoms with Gasteiger partial charge in [0.2, 0.25) is 0 Å². The largest absolute Gasteiger partial charge is 0.349 e. The summed E-state index contributed by atoms with van der Waals surface area (Å²) in [5, 5.41) is 0. The van der Waals surface area contributed by atoms with Crippen molar-refractivity contribution in [2.45, 2.75) is 0 Å². The minimum atomic E-state index is -2.90. The maximum atomic E-state index is 10.1. The van der Waals surface area contributed by atoms with Gasteiger partial charge < -0.3 is 19.6 Å². The van der Waals surface area contributed by atoms with Crippen LogP contribution < -0.4 is 0 Å². The van der Waals surface area contributed by atoms with Gasteiger partial charge in [-0.05, 0) is 122 Å². The average molecular weight is 607 g/mol. The molecule has 0 saturated carbocycles. The zero-order valence-electron chi connectivity index (χ0n) is 10.5. The first-order valence-electron chi connectivity index (χ1n) is 4.31. The van der Waals surface area contributed by atoms with E-state index in [-0.39, 0.29) is 0 Å². The SMILES string of the molecule is CSP(O)(=S)SSP(O)(=S)SSP(O)(=S)SSP(O)(=S)SC. The molecule has 0 aliphatic heterocycles. The molecule has 0 rings (SSSR count). The second kappa shape index (κ2) is 12.1. The van der Waals surface area contributed by atoms with E-state index in [0.29, 0.717) is 0 Å². The van der Waals surface area contributed by atoms with E-state index in [1.807, 2.05) is 0 Å². The molecule has 0 aromatic heterocycles. The van der Waals surface area contributed by atoms with Gasteiger partial charge in [0, 0.05) is 0 Å². The van der Waals surface area contributed by atoms with Crippen molar-refractivity contribution < 1.29 is 19.6 Å². The molecule has 0 amide bonds. The minimum Gasteiger partial charge on any atom is -0.349 e. The van der Waals surface area contributed by atoms with Crippen molar-refractivity contribution in [3.8, 4) is 0 Å². The van der Waals surface area contributed by atoms with Crippen LogP contribution in [0.2, 0.25) is 0 Å². The average Bonchev–Trinajstić information content (AvgIpc) is 2.42. The van der Waals surface area contributed by atoms with Gasteiger partial charge in [-0.25, -0.2) is 0 Å². The molecular weight excluding hydrogens is 597 g/mol. The number of hydrogen-bond donors (Lipinski definition) is 4. The van der Waals surface area contributed by atoms with E-state index in [1.165, 1.54) is 0 Å². The molecule has 0 fully saturated rings. The molecule has 0 radical (unpaired) electrons. The Morgan fingerprint density at radius 1 is 0.500 bits per heavy atom. The van der Waals surface area contributed by atoms with Crippen LogP contribution in [0.25, 0.3) is 0 Å². The van der Waals surface area contributed by atoms with Crippen LogP contribution in [0.1, 0.15) is 0 Å². The van der Waals surface area contributed by atoms with Gasteiger partial charge >= 0.3 is 0 Å². The first-order chi connectivity index (χ1) is 9.74. The third-order valence-electron chi connectivity index (χ3n) is 1.13.